The van der Waals surface area contributed by atoms with E-state index in [1.54, 1.807) is 0 Å². The molecule has 2 aromatic rings. The molecule has 1 saturated carbocycles. The summed E-state index contributed by atoms with van der Waals surface area (Å²) in [4.78, 5) is 34.8. The summed E-state index contributed by atoms with van der Waals surface area (Å²) in [7, 11) is 0. The summed E-state index contributed by atoms with van der Waals surface area (Å²) in [5.41, 5.74) is 1.39. The first kappa shape index (κ1) is 18.8. The molecule has 1 amide bonds. The number of benzene rings is 1. The van der Waals surface area contributed by atoms with E-state index in [0.717, 1.165) is 56.0 Å². The molecule has 6 rings (SSSR count). The Bertz CT molecular complexity index is 1040. The number of carbonyl (C=O) groups is 2. The van der Waals surface area contributed by atoms with Gasteiger partial charge in [0.1, 0.15) is 5.82 Å². The summed E-state index contributed by atoms with van der Waals surface area (Å²) in [5.74, 6) is 0.836. The Labute approximate surface area is 181 Å². The first-order valence-electron chi connectivity index (χ1n) is 11.2. The van der Waals surface area contributed by atoms with Crippen LogP contribution in [0.4, 0.5) is 5.82 Å². The Kier molecular flexibility index (Phi) is 4.12. The van der Waals surface area contributed by atoms with E-state index in [4.69, 9.17) is 4.74 Å². The van der Waals surface area contributed by atoms with Crippen LogP contribution in [-0.4, -0.2) is 61.0 Å². The number of nitrogens with zero attached hydrogens (tertiary/aromatic N) is 3. The number of piperazine rings is 1. The van der Waals surface area contributed by atoms with Gasteiger partial charge in [-0.15, -0.1) is 0 Å². The lowest BCUT2D eigenvalue weighted by Crippen LogP contribution is -2.44. The Morgan fingerprint density at radius 1 is 1.03 bits per heavy atom. The van der Waals surface area contributed by atoms with Crippen LogP contribution in [0, 0.1) is 0 Å². The van der Waals surface area contributed by atoms with Gasteiger partial charge in [0.15, 0.2) is 5.60 Å². The van der Waals surface area contributed by atoms with Gasteiger partial charge < -0.3 is 19.9 Å². The highest BCUT2D eigenvalue weighted by atomic mass is 16.6. The van der Waals surface area contributed by atoms with Crippen molar-refractivity contribution in [2.45, 2.75) is 30.3 Å². The number of carbonyl (C=O) groups excluding carboxylic acids is 2. The number of esters is 1. The smallest absolute Gasteiger partial charge is 0.339 e. The van der Waals surface area contributed by atoms with E-state index in [2.05, 4.69) is 27.3 Å². The molecule has 7 nitrogen and oxygen atoms in total. The number of likely N-dealkylation sites (tertiary alicyclic amines) is 1. The van der Waals surface area contributed by atoms with Crippen LogP contribution >= 0.6 is 0 Å². The van der Waals surface area contributed by atoms with Crippen LogP contribution in [0.15, 0.2) is 42.6 Å². The molecule has 1 spiro atoms. The molecule has 4 heterocycles. The number of hydrogen-bond donors (Lipinski definition) is 1. The minimum Gasteiger partial charge on any atom is -0.449 e. The van der Waals surface area contributed by atoms with Gasteiger partial charge in [-0.2, -0.15) is 0 Å². The molecule has 160 valence electrons. The number of fused-ring (bicyclic) bond motifs is 2. The number of rotatable bonds is 3. The molecule has 1 aromatic heterocycles. The zero-order valence-corrected chi connectivity index (χ0v) is 17.5. The number of nitrogens with one attached hydrogen (secondary N) is 1. The van der Waals surface area contributed by atoms with Crippen LogP contribution in [0.2, 0.25) is 0 Å². The van der Waals surface area contributed by atoms with Gasteiger partial charge >= 0.3 is 5.97 Å². The predicted octanol–water partition coefficient (Wildman–Crippen LogP) is 1.82. The van der Waals surface area contributed by atoms with E-state index < -0.39 is 11.0 Å². The van der Waals surface area contributed by atoms with Gasteiger partial charge in [-0.1, -0.05) is 24.3 Å². The second-order valence-electron chi connectivity index (χ2n) is 9.13. The minimum absolute atomic E-state index is 0.140. The van der Waals surface area contributed by atoms with Crippen LogP contribution in [0.25, 0.3) is 0 Å². The third kappa shape index (κ3) is 2.86. The molecule has 7 heteroatoms. The molecule has 3 fully saturated rings. The SMILES string of the molecule is O=C1O[C@]2(CCN(C(=O)C3(c4ccc(N5CCNCC5)nc4)CC3)C2)c2ccccc21. The maximum Gasteiger partial charge on any atom is 0.339 e. The van der Waals surface area contributed by atoms with Crippen LogP contribution in [0.5, 0.6) is 0 Å². The lowest BCUT2D eigenvalue weighted by molar-refractivity contribution is -0.134. The van der Waals surface area contributed by atoms with Gasteiger partial charge in [0, 0.05) is 50.9 Å². The van der Waals surface area contributed by atoms with E-state index in [-0.39, 0.29) is 11.9 Å². The lowest BCUT2D eigenvalue weighted by Gasteiger charge is -2.29. The monoisotopic (exact) mass is 418 g/mol. The van der Waals surface area contributed by atoms with Crippen LogP contribution in [0.1, 0.15) is 40.7 Å². The highest BCUT2D eigenvalue weighted by Crippen LogP contribution is 2.52. The average Bonchev–Trinajstić information content (AvgIpc) is 3.46. The van der Waals surface area contributed by atoms with Gasteiger partial charge in [0.25, 0.3) is 0 Å². The van der Waals surface area contributed by atoms with Crippen LogP contribution in [-0.2, 0) is 20.5 Å². The van der Waals surface area contributed by atoms with Gasteiger partial charge in [0.05, 0.1) is 17.5 Å². The summed E-state index contributed by atoms with van der Waals surface area (Å²) in [6, 6.07) is 11.7. The van der Waals surface area contributed by atoms with E-state index >= 15 is 0 Å². The Balaban J connectivity index is 1.21. The van der Waals surface area contributed by atoms with Gasteiger partial charge in [0.2, 0.25) is 5.91 Å². The molecule has 1 atom stereocenters. The van der Waals surface area contributed by atoms with Gasteiger partial charge in [-0.05, 0) is 30.5 Å². The van der Waals surface area contributed by atoms with Crippen molar-refractivity contribution in [3.63, 3.8) is 0 Å². The Hall–Kier alpha value is -2.93. The van der Waals surface area contributed by atoms with E-state index in [1.807, 2.05) is 35.4 Å². The van der Waals surface area contributed by atoms with Crippen molar-refractivity contribution in [3.8, 4) is 0 Å². The number of anilines is 1. The molecule has 3 aliphatic heterocycles. The van der Waals surface area contributed by atoms with Crippen molar-refractivity contribution in [1.82, 2.24) is 15.2 Å². The van der Waals surface area contributed by atoms with E-state index in [9.17, 15) is 9.59 Å². The van der Waals surface area contributed by atoms with Crippen molar-refractivity contribution in [2.75, 3.05) is 44.2 Å². The molecule has 0 bridgehead atoms. The number of hydrogen-bond acceptors (Lipinski definition) is 6. The number of pyridine rings is 1. The zero-order chi connectivity index (χ0) is 21.1. The zero-order valence-electron chi connectivity index (χ0n) is 17.5. The fourth-order valence-electron chi connectivity index (χ4n) is 5.41. The van der Waals surface area contributed by atoms with Crippen molar-refractivity contribution in [1.29, 1.82) is 0 Å². The van der Waals surface area contributed by atoms with Crippen LogP contribution < -0.4 is 10.2 Å². The molecular formula is C24H26N4O3. The second kappa shape index (κ2) is 6.79. The number of aromatic nitrogens is 1. The lowest BCUT2D eigenvalue weighted by atomic mass is 9.91. The number of amides is 1. The molecule has 31 heavy (non-hydrogen) atoms. The summed E-state index contributed by atoms with van der Waals surface area (Å²) in [6.45, 7) is 4.88. The summed E-state index contributed by atoms with van der Waals surface area (Å²) in [6.07, 6.45) is 4.23. The first-order valence-corrected chi connectivity index (χ1v) is 11.2. The molecule has 0 radical (unpaired) electrons. The highest BCUT2D eigenvalue weighted by Gasteiger charge is 2.57. The third-order valence-corrected chi connectivity index (χ3v) is 7.35. The van der Waals surface area contributed by atoms with Crippen LogP contribution in [0.3, 0.4) is 0 Å². The topological polar surface area (TPSA) is 74.8 Å². The van der Waals surface area contributed by atoms with Crippen molar-refractivity contribution >= 4 is 17.7 Å². The predicted molar refractivity (Wildman–Crippen MR) is 115 cm³/mol. The summed E-state index contributed by atoms with van der Waals surface area (Å²) >= 11 is 0. The first-order chi connectivity index (χ1) is 15.1. The van der Waals surface area contributed by atoms with E-state index in [1.165, 1.54) is 0 Å². The second-order valence-corrected chi connectivity index (χ2v) is 9.13. The van der Waals surface area contributed by atoms with E-state index in [0.29, 0.717) is 25.1 Å². The maximum atomic E-state index is 13.6. The largest absolute Gasteiger partial charge is 0.449 e. The standard InChI is InChI=1S/C24H26N4O3/c29-21-18-3-1-2-4-19(18)24(31-21)9-12-28(16-24)22(30)23(7-8-23)17-5-6-20(26-15-17)27-13-10-25-11-14-27/h1-6,15,25H,7-14,16H2/t24-/m0/s1. The molecular weight excluding hydrogens is 392 g/mol. The maximum absolute atomic E-state index is 13.6. The Morgan fingerprint density at radius 2 is 1.84 bits per heavy atom. The summed E-state index contributed by atoms with van der Waals surface area (Å²) in [5, 5.41) is 3.35. The van der Waals surface area contributed by atoms with Crippen molar-refractivity contribution < 1.29 is 14.3 Å². The quantitative estimate of drug-likeness (QED) is 0.767. The van der Waals surface area contributed by atoms with Gasteiger partial charge in [-0.25, -0.2) is 9.78 Å². The normalized spacial score (nSPS) is 26.1. The number of ether oxygens (including phenoxy) is 1. The third-order valence-electron chi connectivity index (χ3n) is 7.35. The Morgan fingerprint density at radius 3 is 2.58 bits per heavy atom. The van der Waals surface area contributed by atoms with Crippen molar-refractivity contribution in [3.05, 3.63) is 59.3 Å². The summed E-state index contributed by atoms with van der Waals surface area (Å²) < 4.78 is 5.83. The molecule has 4 aliphatic rings. The average molecular weight is 418 g/mol. The molecule has 1 N–H and O–H groups in total. The fraction of sp³-hybridized carbons (Fsp3) is 0.458. The molecule has 0 unspecified atom stereocenters. The molecule has 1 aliphatic carbocycles. The van der Waals surface area contributed by atoms with Crippen molar-refractivity contribution in [2.24, 2.45) is 0 Å². The fourth-order valence-corrected chi connectivity index (χ4v) is 5.41. The molecule has 2 saturated heterocycles. The van der Waals surface area contributed by atoms with Gasteiger partial charge in [-0.3, -0.25) is 4.79 Å². The minimum atomic E-state index is -0.691. The highest BCUT2D eigenvalue weighted by molar-refractivity contribution is 5.96. The molecule has 1 aromatic carbocycles.